The maximum absolute atomic E-state index is 12.0. The number of amides is 1. The van der Waals surface area contributed by atoms with Crippen molar-refractivity contribution in [3.8, 4) is 0 Å². The van der Waals surface area contributed by atoms with Crippen LogP contribution in [0.25, 0.3) is 11.0 Å². The highest BCUT2D eigenvalue weighted by atomic mass is 32.1. The van der Waals surface area contributed by atoms with E-state index in [4.69, 9.17) is 4.74 Å². The van der Waals surface area contributed by atoms with Crippen LogP contribution in [0.4, 0.5) is 5.82 Å². The molecule has 1 fully saturated rings. The number of rotatable bonds is 6. The van der Waals surface area contributed by atoms with Gasteiger partial charge in [-0.2, -0.15) is 5.10 Å². The van der Waals surface area contributed by atoms with E-state index in [1.807, 2.05) is 28.4 Å². The number of morpholine rings is 1. The van der Waals surface area contributed by atoms with E-state index in [1.165, 1.54) is 0 Å². The van der Waals surface area contributed by atoms with Crippen molar-refractivity contribution in [2.24, 2.45) is 0 Å². The van der Waals surface area contributed by atoms with Crippen LogP contribution in [-0.2, 0) is 22.5 Å². The second-order valence-electron chi connectivity index (χ2n) is 7.07. The third-order valence-corrected chi connectivity index (χ3v) is 5.57. The molecule has 0 bridgehead atoms. The predicted octanol–water partition coefficient (Wildman–Crippen LogP) is 1.86. The quantitative estimate of drug-likeness (QED) is 0.680. The van der Waals surface area contributed by atoms with E-state index >= 15 is 0 Å². The Kier molecular flexibility index (Phi) is 5.54. The molecule has 1 N–H and O–H groups in total. The molecule has 9 heteroatoms. The highest BCUT2D eigenvalue weighted by Gasteiger charge is 2.25. The normalized spacial score (nSPS) is 19.9. The molecule has 1 amide bonds. The van der Waals surface area contributed by atoms with Crippen LogP contribution in [0.15, 0.2) is 30.0 Å². The summed E-state index contributed by atoms with van der Waals surface area (Å²) in [5.41, 5.74) is 0.782. The molecule has 0 saturated carbocycles. The highest BCUT2D eigenvalue weighted by molar-refractivity contribution is 7.10. The molecule has 8 nitrogen and oxygen atoms in total. The Hall–Kier alpha value is -2.52. The van der Waals surface area contributed by atoms with Crippen LogP contribution >= 0.6 is 11.3 Å². The molecule has 4 rings (SSSR count). The molecule has 0 aromatic carbocycles. The fraction of sp³-hybridized carbons (Fsp3) is 0.474. The third kappa shape index (κ3) is 4.15. The number of fused-ring (bicyclic) bond motifs is 1. The Morgan fingerprint density at radius 2 is 2.14 bits per heavy atom. The van der Waals surface area contributed by atoms with Crippen LogP contribution in [0.1, 0.15) is 18.7 Å². The maximum atomic E-state index is 12.0. The minimum Gasteiger partial charge on any atom is -0.372 e. The molecule has 28 heavy (non-hydrogen) atoms. The van der Waals surface area contributed by atoms with Crippen LogP contribution < -0.4 is 10.2 Å². The van der Waals surface area contributed by atoms with Crippen molar-refractivity contribution < 1.29 is 9.53 Å². The van der Waals surface area contributed by atoms with Gasteiger partial charge in [0.25, 0.3) is 0 Å². The molecular weight excluding hydrogens is 376 g/mol. The summed E-state index contributed by atoms with van der Waals surface area (Å²) in [6, 6.07) is 3.92. The van der Waals surface area contributed by atoms with Crippen molar-refractivity contribution in [1.29, 1.82) is 0 Å². The molecule has 2 atom stereocenters. The zero-order valence-electron chi connectivity index (χ0n) is 16.0. The van der Waals surface area contributed by atoms with Gasteiger partial charge in [0.2, 0.25) is 5.91 Å². The number of carbonyl (C=O) groups is 1. The van der Waals surface area contributed by atoms with Crippen molar-refractivity contribution in [3.05, 3.63) is 34.9 Å². The first-order chi connectivity index (χ1) is 13.6. The van der Waals surface area contributed by atoms with Crippen LogP contribution in [0, 0.1) is 0 Å². The molecule has 3 aromatic rings. The van der Waals surface area contributed by atoms with Crippen molar-refractivity contribution in [1.82, 2.24) is 25.1 Å². The number of nitrogens with zero attached hydrogens (tertiary/aromatic N) is 5. The van der Waals surface area contributed by atoms with Gasteiger partial charge in [-0.05, 0) is 25.3 Å². The summed E-state index contributed by atoms with van der Waals surface area (Å²) in [6.07, 6.45) is 4.11. The first-order valence-electron chi connectivity index (χ1n) is 9.46. The van der Waals surface area contributed by atoms with Gasteiger partial charge >= 0.3 is 0 Å². The Balaban J connectivity index is 1.42. The molecule has 2 unspecified atom stereocenters. The lowest BCUT2D eigenvalue weighted by atomic mass is 10.2. The van der Waals surface area contributed by atoms with E-state index in [9.17, 15) is 4.79 Å². The average Bonchev–Trinajstić information content (AvgIpc) is 3.31. The molecule has 1 saturated heterocycles. The van der Waals surface area contributed by atoms with E-state index in [-0.39, 0.29) is 18.1 Å². The van der Waals surface area contributed by atoms with Crippen LogP contribution in [0.5, 0.6) is 0 Å². The number of aromatic nitrogens is 4. The lowest BCUT2D eigenvalue weighted by molar-refractivity contribution is -0.120. The van der Waals surface area contributed by atoms with Crippen molar-refractivity contribution in [2.75, 3.05) is 24.5 Å². The molecule has 4 heterocycles. The summed E-state index contributed by atoms with van der Waals surface area (Å²) < 4.78 is 7.64. The summed E-state index contributed by atoms with van der Waals surface area (Å²) >= 11 is 1.59. The van der Waals surface area contributed by atoms with E-state index in [1.54, 1.807) is 17.7 Å². The highest BCUT2D eigenvalue weighted by Crippen LogP contribution is 2.25. The second-order valence-corrected chi connectivity index (χ2v) is 8.10. The summed E-state index contributed by atoms with van der Waals surface area (Å²) in [5, 5.41) is 10.3. The van der Waals surface area contributed by atoms with Gasteiger partial charge < -0.3 is 15.0 Å². The van der Waals surface area contributed by atoms with Crippen LogP contribution in [0.3, 0.4) is 0 Å². The second kappa shape index (κ2) is 8.24. The monoisotopic (exact) mass is 400 g/mol. The van der Waals surface area contributed by atoms with Crippen molar-refractivity contribution in [2.45, 2.75) is 39.0 Å². The van der Waals surface area contributed by atoms with Gasteiger partial charge in [0.1, 0.15) is 12.1 Å². The number of carbonyl (C=O) groups excluding carboxylic acids is 1. The molecule has 3 aromatic heterocycles. The van der Waals surface area contributed by atoms with E-state index in [2.05, 4.69) is 39.1 Å². The summed E-state index contributed by atoms with van der Waals surface area (Å²) in [6.45, 7) is 6.80. The van der Waals surface area contributed by atoms with E-state index in [0.29, 0.717) is 19.5 Å². The SMILES string of the molecule is CC1CN(c2ncnc3c2cnn3CCNC(=O)Cc2cccs2)CC(C)O1. The zero-order chi connectivity index (χ0) is 19.5. The van der Waals surface area contributed by atoms with Gasteiger partial charge in [0.15, 0.2) is 5.65 Å². The minimum absolute atomic E-state index is 0.0190. The number of nitrogens with one attached hydrogen (secondary N) is 1. The van der Waals surface area contributed by atoms with Gasteiger partial charge in [0.05, 0.1) is 36.8 Å². The Labute approximate surface area is 167 Å². The number of anilines is 1. The molecular formula is C19H24N6O2S. The summed E-state index contributed by atoms with van der Waals surface area (Å²) in [4.78, 5) is 24.3. The smallest absolute Gasteiger partial charge is 0.225 e. The first-order valence-corrected chi connectivity index (χ1v) is 10.3. The standard InChI is InChI=1S/C19H24N6O2S/c1-13-10-24(11-14(2)27-13)18-16-9-23-25(19(16)22-12-21-18)6-5-20-17(26)8-15-4-3-7-28-15/h3-4,7,9,12-14H,5-6,8,10-11H2,1-2H3,(H,20,26). The zero-order valence-corrected chi connectivity index (χ0v) is 16.9. The maximum Gasteiger partial charge on any atom is 0.225 e. The fourth-order valence-corrected chi connectivity index (χ4v) is 4.29. The lowest BCUT2D eigenvalue weighted by Crippen LogP contribution is -2.45. The van der Waals surface area contributed by atoms with E-state index < -0.39 is 0 Å². The largest absolute Gasteiger partial charge is 0.372 e. The number of hydrogen-bond donors (Lipinski definition) is 1. The van der Waals surface area contributed by atoms with E-state index in [0.717, 1.165) is 34.8 Å². The number of hydrogen-bond acceptors (Lipinski definition) is 7. The molecule has 0 spiro atoms. The van der Waals surface area contributed by atoms with Gasteiger partial charge in [0, 0.05) is 24.5 Å². The van der Waals surface area contributed by atoms with Gasteiger partial charge in [-0.25, -0.2) is 14.6 Å². The summed E-state index contributed by atoms with van der Waals surface area (Å²) in [5.74, 6) is 0.908. The third-order valence-electron chi connectivity index (χ3n) is 4.69. The fourth-order valence-electron chi connectivity index (χ4n) is 3.58. The van der Waals surface area contributed by atoms with Crippen LogP contribution in [0.2, 0.25) is 0 Å². The molecule has 0 radical (unpaired) electrons. The Morgan fingerprint density at radius 1 is 1.32 bits per heavy atom. The number of ether oxygens (including phenoxy) is 1. The van der Waals surface area contributed by atoms with Crippen LogP contribution in [-0.4, -0.2) is 57.5 Å². The molecule has 0 aliphatic carbocycles. The average molecular weight is 401 g/mol. The Morgan fingerprint density at radius 3 is 2.89 bits per heavy atom. The van der Waals surface area contributed by atoms with Gasteiger partial charge in [-0.3, -0.25) is 4.79 Å². The van der Waals surface area contributed by atoms with Gasteiger partial charge in [-0.1, -0.05) is 6.07 Å². The van der Waals surface area contributed by atoms with Crippen molar-refractivity contribution in [3.63, 3.8) is 0 Å². The minimum atomic E-state index is 0.0190. The topological polar surface area (TPSA) is 85.2 Å². The molecule has 1 aliphatic heterocycles. The lowest BCUT2D eigenvalue weighted by Gasteiger charge is -2.36. The van der Waals surface area contributed by atoms with Crippen molar-refractivity contribution >= 4 is 34.1 Å². The number of thiophene rings is 1. The molecule has 148 valence electrons. The Bertz CT molecular complexity index is 931. The summed E-state index contributed by atoms with van der Waals surface area (Å²) in [7, 11) is 0. The first kappa shape index (κ1) is 18.8. The predicted molar refractivity (Wildman–Crippen MR) is 109 cm³/mol. The van der Waals surface area contributed by atoms with Gasteiger partial charge in [-0.15, -0.1) is 11.3 Å². The molecule has 1 aliphatic rings.